The Kier molecular flexibility index (Phi) is 5.30. The summed E-state index contributed by atoms with van der Waals surface area (Å²) in [6.07, 6.45) is 1.74. The highest BCUT2D eigenvalue weighted by atomic mass is 32.2. The zero-order chi connectivity index (χ0) is 15.5. The number of primary amides is 1. The number of thioether (sulfide) groups is 1. The van der Waals surface area contributed by atoms with Crippen LogP contribution in [-0.4, -0.2) is 34.2 Å². The quantitative estimate of drug-likeness (QED) is 0.682. The standard InChI is InChI=1S/C16H24N2O2S/c1-11(19)12(2)21-10-16(15(17)20,18-14-8-9-14)13-6-4-3-5-7-13/h3-7,11-12,14,18-19H,8-10H2,1-2H3,(H2,17,20). The highest BCUT2D eigenvalue weighted by Gasteiger charge is 2.43. The molecule has 1 aliphatic rings. The molecule has 1 aromatic carbocycles. The smallest absolute Gasteiger partial charge is 0.243 e. The minimum Gasteiger partial charge on any atom is -0.392 e. The molecule has 0 radical (unpaired) electrons. The first-order chi connectivity index (χ1) is 9.95. The molecule has 1 saturated carbocycles. The van der Waals surface area contributed by atoms with Gasteiger partial charge >= 0.3 is 0 Å². The van der Waals surface area contributed by atoms with Crippen LogP contribution in [0.25, 0.3) is 0 Å². The van der Waals surface area contributed by atoms with Crippen molar-refractivity contribution in [3.05, 3.63) is 35.9 Å². The number of hydrogen-bond donors (Lipinski definition) is 3. The summed E-state index contributed by atoms with van der Waals surface area (Å²) >= 11 is 1.57. The molecule has 1 amide bonds. The largest absolute Gasteiger partial charge is 0.392 e. The number of hydrogen-bond acceptors (Lipinski definition) is 4. The van der Waals surface area contributed by atoms with Crippen LogP contribution in [0.5, 0.6) is 0 Å². The summed E-state index contributed by atoms with van der Waals surface area (Å²) < 4.78 is 0. The lowest BCUT2D eigenvalue weighted by Crippen LogP contribution is -2.55. The number of aliphatic hydroxyl groups excluding tert-OH is 1. The number of amides is 1. The second-order valence-corrected chi connectivity index (χ2v) is 7.18. The maximum atomic E-state index is 12.3. The maximum Gasteiger partial charge on any atom is 0.243 e. The van der Waals surface area contributed by atoms with Gasteiger partial charge in [0.05, 0.1) is 6.10 Å². The summed E-state index contributed by atoms with van der Waals surface area (Å²) in [5, 5.41) is 13.2. The van der Waals surface area contributed by atoms with E-state index in [1.807, 2.05) is 37.3 Å². The maximum absolute atomic E-state index is 12.3. The van der Waals surface area contributed by atoms with Gasteiger partial charge in [-0.05, 0) is 25.3 Å². The Balaban J connectivity index is 2.25. The Morgan fingerprint density at radius 2 is 2.05 bits per heavy atom. The van der Waals surface area contributed by atoms with Crippen molar-refractivity contribution in [2.45, 2.75) is 49.6 Å². The predicted octanol–water partition coefficient (Wildman–Crippen LogP) is 1.62. The highest BCUT2D eigenvalue weighted by molar-refractivity contribution is 8.00. The SMILES string of the molecule is CC(O)C(C)SCC(NC1CC1)(C(N)=O)c1ccccc1. The van der Waals surface area contributed by atoms with Gasteiger partial charge in [0.25, 0.3) is 0 Å². The van der Waals surface area contributed by atoms with E-state index in [4.69, 9.17) is 5.73 Å². The molecule has 5 heteroatoms. The zero-order valence-electron chi connectivity index (χ0n) is 12.6. The van der Waals surface area contributed by atoms with Crippen LogP contribution in [0.4, 0.5) is 0 Å². The molecule has 3 unspecified atom stereocenters. The second-order valence-electron chi connectivity index (χ2n) is 5.81. The van der Waals surface area contributed by atoms with Crippen LogP contribution < -0.4 is 11.1 Å². The number of benzene rings is 1. The first kappa shape index (κ1) is 16.3. The van der Waals surface area contributed by atoms with Crippen molar-refractivity contribution in [1.82, 2.24) is 5.32 Å². The fourth-order valence-corrected chi connectivity index (χ4v) is 3.37. The number of aliphatic hydroxyl groups is 1. The lowest BCUT2D eigenvalue weighted by molar-refractivity contribution is -0.124. The molecule has 0 aliphatic heterocycles. The molecular formula is C16H24N2O2S. The van der Waals surface area contributed by atoms with Crippen molar-refractivity contribution in [3.8, 4) is 0 Å². The minimum absolute atomic E-state index is 0.0495. The van der Waals surface area contributed by atoms with E-state index in [-0.39, 0.29) is 11.2 Å². The Morgan fingerprint density at radius 1 is 1.43 bits per heavy atom. The molecule has 0 saturated heterocycles. The van der Waals surface area contributed by atoms with Crippen LogP contribution in [0.1, 0.15) is 32.3 Å². The molecule has 4 nitrogen and oxygen atoms in total. The van der Waals surface area contributed by atoms with Crippen molar-refractivity contribution in [2.24, 2.45) is 5.73 Å². The summed E-state index contributed by atoms with van der Waals surface area (Å²) in [6, 6.07) is 10.0. The lowest BCUT2D eigenvalue weighted by Gasteiger charge is -2.33. The Morgan fingerprint density at radius 3 is 2.52 bits per heavy atom. The molecule has 4 N–H and O–H groups in total. The van der Waals surface area contributed by atoms with Gasteiger partial charge in [-0.2, -0.15) is 11.8 Å². The molecule has 3 atom stereocenters. The third-order valence-corrected chi connectivity index (χ3v) is 5.48. The van der Waals surface area contributed by atoms with E-state index < -0.39 is 11.6 Å². The molecular weight excluding hydrogens is 284 g/mol. The van der Waals surface area contributed by atoms with E-state index in [9.17, 15) is 9.90 Å². The van der Waals surface area contributed by atoms with E-state index in [1.54, 1.807) is 18.7 Å². The fraction of sp³-hybridized carbons (Fsp3) is 0.562. The van der Waals surface area contributed by atoms with Crippen molar-refractivity contribution >= 4 is 17.7 Å². The fourth-order valence-electron chi connectivity index (χ4n) is 2.19. The zero-order valence-corrected chi connectivity index (χ0v) is 13.4. The minimum atomic E-state index is -0.865. The average molecular weight is 308 g/mol. The van der Waals surface area contributed by atoms with Crippen LogP contribution in [0.3, 0.4) is 0 Å². The van der Waals surface area contributed by atoms with Gasteiger partial charge in [-0.3, -0.25) is 10.1 Å². The number of carbonyl (C=O) groups is 1. The number of nitrogens with one attached hydrogen (secondary N) is 1. The Bertz CT molecular complexity index is 476. The third-order valence-electron chi connectivity index (χ3n) is 3.96. The van der Waals surface area contributed by atoms with Crippen molar-refractivity contribution < 1.29 is 9.90 Å². The number of nitrogens with two attached hydrogens (primary N) is 1. The van der Waals surface area contributed by atoms with Crippen LogP contribution in [0.2, 0.25) is 0 Å². The summed E-state index contributed by atoms with van der Waals surface area (Å²) in [6.45, 7) is 3.73. The summed E-state index contributed by atoms with van der Waals surface area (Å²) in [4.78, 5) is 12.3. The van der Waals surface area contributed by atoms with Crippen LogP contribution in [0, 0.1) is 0 Å². The lowest BCUT2D eigenvalue weighted by atomic mass is 9.91. The molecule has 0 spiro atoms. The molecule has 1 aromatic rings. The summed E-state index contributed by atoms with van der Waals surface area (Å²) in [5.41, 5.74) is 5.80. The van der Waals surface area contributed by atoms with Gasteiger partial charge < -0.3 is 10.8 Å². The van der Waals surface area contributed by atoms with Gasteiger partial charge in [-0.1, -0.05) is 37.3 Å². The third kappa shape index (κ3) is 3.99. The van der Waals surface area contributed by atoms with Crippen molar-refractivity contribution in [1.29, 1.82) is 0 Å². The Hall–Kier alpha value is -1.04. The van der Waals surface area contributed by atoms with E-state index >= 15 is 0 Å². The first-order valence-corrected chi connectivity index (χ1v) is 8.43. The molecule has 0 heterocycles. The predicted molar refractivity (Wildman–Crippen MR) is 87.1 cm³/mol. The topological polar surface area (TPSA) is 75.3 Å². The van der Waals surface area contributed by atoms with Crippen LogP contribution in [-0.2, 0) is 10.3 Å². The van der Waals surface area contributed by atoms with Crippen molar-refractivity contribution in [3.63, 3.8) is 0 Å². The van der Waals surface area contributed by atoms with Gasteiger partial charge in [-0.25, -0.2) is 0 Å². The van der Waals surface area contributed by atoms with Gasteiger partial charge in [-0.15, -0.1) is 0 Å². The molecule has 1 aliphatic carbocycles. The van der Waals surface area contributed by atoms with E-state index in [1.165, 1.54) is 0 Å². The van der Waals surface area contributed by atoms with Gasteiger partial charge in [0.15, 0.2) is 0 Å². The van der Waals surface area contributed by atoms with E-state index in [0.717, 1.165) is 18.4 Å². The molecule has 0 aromatic heterocycles. The van der Waals surface area contributed by atoms with Crippen LogP contribution in [0.15, 0.2) is 30.3 Å². The highest BCUT2D eigenvalue weighted by Crippen LogP contribution is 2.33. The van der Waals surface area contributed by atoms with Crippen LogP contribution >= 0.6 is 11.8 Å². The number of carbonyl (C=O) groups excluding carboxylic acids is 1. The summed E-state index contributed by atoms with van der Waals surface area (Å²) in [5.74, 6) is 0.167. The molecule has 116 valence electrons. The van der Waals surface area contributed by atoms with Gasteiger partial charge in [0.1, 0.15) is 5.54 Å². The second kappa shape index (κ2) is 6.81. The van der Waals surface area contributed by atoms with Gasteiger partial charge in [0, 0.05) is 17.0 Å². The molecule has 1 fully saturated rings. The molecule has 21 heavy (non-hydrogen) atoms. The first-order valence-electron chi connectivity index (χ1n) is 7.38. The average Bonchev–Trinajstić information content (AvgIpc) is 3.27. The van der Waals surface area contributed by atoms with Gasteiger partial charge in [0.2, 0.25) is 5.91 Å². The van der Waals surface area contributed by atoms with E-state index in [0.29, 0.717) is 11.8 Å². The van der Waals surface area contributed by atoms with Crippen molar-refractivity contribution in [2.75, 3.05) is 5.75 Å². The monoisotopic (exact) mass is 308 g/mol. The molecule has 2 rings (SSSR count). The summed E-state index contributed by atoms with van der Waals surface area (Å²) in [7, 11) is 0. The Labute approximate surface area is 130 Å². The normalized spacial score (nSPS) is 20.5. The molecule has 0 bridgehead atoms. The number of rotatable bonds is 8. The van der Waals surface area contributed by atoms with E-state index in [2.05, 4.69) is 5.32 Å².